The van der Waals surface area contributed by atoms with Crippen molar-refractivity contribution in [1.29, 1.82) is 0 Å². The molecule has 1 aromatic carbocycles. The van der Waals surface area contributed by atoms with Crippen molar-refractivity contribution in [3.05, 3.63) is 51.7 Å². The summed E-state index contributed by atoms with van der Waals surface area (Å²) in [6.45, 7) is -0.150. The molecule has 0 aliphatic carbocycles. The van der Waals surface area contributed by atoms with E-state index in [4.69, 9.17) is 11.6 Å². The predicted molar refractivity (Wildman–Crippen MR) is 69.0 cm³/mol. The summed E-state index contributed by atoms with van der Waals surface area (Å²) in [5.74, 6) is -0.811. The van der Waals surface area contributed by atoms with E-state index in [1.807, 2.05) is 6.07 Å². The molecule has 0 atom stereocenters. The Bertz CT molecular complexity index is 612. The third-order valence-corrected chi connectivity index (χ3v) is 2.50. The molecule has 1 amide bonds. The molecule has 0 spiro atoms. The second-order valence-electron chi connectivity index (χ2n) is 3.67. The highest BCUT2D eigenvalue weighted by molar-refractivity contribution is 6.32. The molecule has 19 heavy (non-hydrogen) atoms. The molecule has 0 aliphatic rings. The van der Waals surface area contributed by atoms with Crippen LogP contribution in [0.1, 0.15) is 0 Å². The van der Waals surface area contributed by atoms with E-state index in [0.717, 1.165) is 4.68 Å². The summed E-state index contributed by atoms with van der Waals surface area (Å²) in [5, 5.41) is 16.7. The van der Waals surface area contributed by atoms with E-state index in [9.17, 15) is 14.9 Å². The minimum Gasteiger partial charge on any atom is -0.358 e. The molecule has 2 aromatic rings. The van der Waals surface area contributed by atoms with Crippen LogP contribution in [-0.2, 0) is 11.3 Å². The Morgan fingerprint density at radius 1 is 1.42 bits per heavy atom. The van der Waals surface area contributed by atoms with Crippen molar-refractivity contribution in [1.82, 2.24) is 9.78 Å². The summed E-state index contributed by atoms with van der Waals surface area (Å²) < 4.78 is 1.12. The molecule has 98 valence electrons. The second kappa shape index (κ2) is 5.49. The summed E-state index contributed by atoms with van der Waals surface area (Å²) in [5.41, 5.74) is 0.639. The van der Waals surface area contributed by atoms with Crippen molar-refractivity contribution in [3.8, 4) is 0 Å². The Morgan fingerprint density at radius 2 is 2.11 bits per heavy atom. The molecular formula is C11H9ClN4O3. The standard InChI is InChI=1S/C11H9ClN4O3/c12-9-6-15(14-11(9)16(18)19)7-10(17)13-8-4-2-1-3-5-8/h1-6H,7H2,(H,13,17). The Kier molecular flexibility index (Phi) is 3.76. The van der Waals surface area contributed by atoms with Crippen molar-refractivity contribution in [3.63, 3.8) is 0 Å². The van der Waals surface area contributed by atoms with Gasteiger partial charge >= 0.3 is 5.82 Å². The lowest BCUT2D eigenvalue weighted by molar-refractivity contribution is -0.389. The number of benzene rings is 1. The van der Waals surface area contributed by atoms with Gasteiger partial charge in [-0.15, -0.1) is 0 Å². The van der Waals surface area contributed by atoms with Gasteiger partial charge in [-0.05, 0) is 17.1 Å². The quantitative estimate of drug-likeness (QED) is 0.686. The highest BCUT2D eigenvalue weighted by Crippen LogP contribution is 2.21. The molecule has 1 aromatic heterocycles. The largest absolute Gasteiger partial charge is 0.408 e. The number of anilines is 1. The number of carbonyl (C=O) groups is 1. The average Bonchev–Trinajstić information content (AvgIpc) is 2.71. The number of para-hydroxylation sites is 1. The van der Waals surface area contributed by atoms with Crippen molar-refractivity contribution in [2.75, 3.05) is 5.32 Å². The number of nitro groups is 1. The number of nitrogens with zero attached hydrogens (tertiary/aromatic N) is 3. The molecule has 0 unspecified atom stereocenters. The summed E-state index contributed by atoms with van der Waals surface area (Å²) >= 11 is 5.63. The molecule has 0 aliphatic heterocycles. The second-order valence-corrected chi connectivity index (χ2v) is 4.08. The van der Waals surface area contributed by atoms with Gasteiger partial charge in [-0.25, -0.2) is 0 Å². The van der Waals surface area contributed by atoms with Gasteiger partial charge in [0.15, 0.2) is 5.02 Å². The van der Waals surface area contributed by atoms with Crippen LogP contribution >= 0.6 is 11.6 Å². The molecular weight excluding hydrogens is 272 g/mol. The Hall–Kier alpha value is -2.41. The first kappa shape index (κ1) is 13.0. The highest BCUT2D eigenvalue weighted by Gasteiger charge is 2.20. The number of amides is 1. The zero-order valence-electron chi connectivity index (χ0n) is 9.62. The van der Waals surface area contributed by atoms with Crippen molar-refractivity contribution in [2.45, 2.75) is 6.54 Å². The van der Waals surface area contributed by atoms with Crippen molar-refractivity contribution < 1.29 is 9.72 Å². The van der Waals surface area contributed by atoms with Gasteiger partial charge in [-0.2, -0.15) is 4.68 Å². The van der Waals surface area contributed by atoms with Crippen molar-refractivity contribution >= 4 is 29.0 Å². The van der Waals surface area contributed by atoms with Crippen LogP contribution in [0.3, 0.4) is 0 Å². The van der Waals surface area contributed by atoms with Gasteiger partial charge in [0, 0.05) is 5.69 Å². The molecule has 1 heterocycles. The summed E-state index contributed by atoms with van der Waals surface area (Å²) in [7, 11) is 0. The summed E-state index contributed by atoms with van der Waals surface area (Å²) in [6, 6.07) is 8.86. The maximum absolute atomic E-state index is 11.7. The minimum atomic E-state index is -0.700. The lowest BCUT2D eigenvalue weighted by atomic mass is 10.3. The van der Waals surface area contributed by atoms with E-state index in [2.05, 4.69) is 10.4 Å². The summed E-state index contributed by atoms with van der Waals surface area (Å²) in [4.78, 5) is 21.5. The van der Waals surface area contributed by atoms with Gasteiger partial charge in [0.2, 0.25) is 5.91 Å². The van der Waals surface area contributed by atoms with Gasteiger partial charge in [-0.1, -0.05) is 29.8 Å². The van der Waals surface area contributed by atoms with Gasteiger partial charge in [0.25, 0.3) is 0 Å². The van der Waals surface area contributed by atoms with E-state index < -0.39 is 10.7 Å². The molecule has 0 radical (unpaired) electrons. The van der Waals surface area contributed by atoms with Crippen molar-refractivity contribution in [2.24, 2.45) is 0 Å². The number of aromatic nitrogens is 2. The summed E-state index contributed by atoms with van der Waals surface area (Å²) in [6.07, 6.45) is 1.24. The molecule has 2 rings (SSSR count). The van der Waals surface area contributed by atoms with E-state index in [1.165, 1.54) is 6.20 Å². The molecule has 7 nitrogen and oxygen atoms in total. The van der Waals surface area contributed by atoms with E-state index >= 15 is 0 Å². The molecule has 0 saturated heterocycles. The fourth-order valence-corrected chi connectivity index (χ4v) is 1.68. The Morgan fingerprint density at radius 3 is 2.68 bits per heavy atom. The number of hydrogen-bond donors (Lipinski definition) is 1. The average molecular weight is 281 g/mol. The number of rotatable bonds is 4. The fourth-order valence-electron chi connectivity index (χ4n) is 1.46. The van der Waals surface area contributed by atoms with Crippen LogP contribution in [0.25, 0.3) is 0 Å². The normalized spacial score (nSPS) is 10.2. The van der Waals surface area contributed by atoms with Crippen LogP contribution < -0.4 is 5.32 Å². The molecule has 0 fully saturated rings. The topological polar surface area (TPSA) is 90.1 Å². The first-order chi connectivity index (χ1) is 9.06. The first-order valence-electron chi connectivity index (χ1n) is 5.28. The Labute approximate surface area is 112 Å². The molecule has 8 heteroatoms. The molecule has 0 bridgehead atoms. The minimum absolute atomic E-state index is 0.0995. The number of hydrogen-bond acceptors (Lipinski definition) is 4. The maximum atomic E-state index is 11.7. The molecule has 1 N–H and O–H groups in total. The maximum Gasteiger partial charge on any atom is 0.408 e. The van der Waals surface area contributed by atoms with Gasteiger partial charge in [-0.3, -0.25) is 4.79 Å². The van der Waals surface area contributed by atoms with E-state index in [-0.39, 0.29) is 17.5 Å². The van der Waals surface area contributed by atoms with Gasteiger partial charge < -0.3 is 15.4 Å². The lowest BCUT2D eigenvalue weighted by Crippen LogP contribution is -2.19. The smallest absolute Gasteiger partial charge is 0.358 e. The monoisotopic (exact) mass is 280 g/mol. The fraction of sp³-hybridized carbons (Fsp3) is 0.0909. The van der Waals surface area contributed by atoms with Gasteiger partial charge in [0.1, 0.15) is 6.54 Å². The Balaban J connectivity index is 2.03. The van der Waals surface area contributed by atoms with Crippen LogP contribution in [0.4, 0.5) is 11.5 Å². The zero-order valence-corrected chi connectivity index (χ0v) is 10.4. The van der Waals surface area contributed by atoms with Crippen LogP contribution in [0.5, 0.6) is 0 Å². The number of carbonyl (C=O) groups excluding carboxylic acids is 1. The lowest BCUT2D eigenvalue weighted by Gasteiger charge is -2.02. The van der Waals surface area contributed by atoms with Gasteiger partial charge in [0.05, 0.1) is 11.3 Å². The highest BCUT2D eigenvalue weighted by atomic mass is 35.5. The first-order valence-corrected chi connectivity index (χ1v) is 5.66. The third kappa shape index (κ3) is 3.29. The van der Waals surface area contributed by atoms with E-state index in [0.29, 0.717) is 5.69 Å². The zero-order chi connectivity index (χ0) is 13.8. The van der Waals surface area contributed by atoms with Crippen LogP contribution in [0, 0.1) is 10.1 Å². The van der Waals surface area contributed by atoms with Crippen LogP contribution in [-0.4, -0.2) is 20.6 Å². The van der Waals surface area contributed by atoms with E-state index in [1.54, 1.807) is 24.3 Å². The SMILES string of the molecule is O=C(Cn1cc(Cl)c([N+](=O)[O-])n1)Nc1ccccc1. The number of nitrogens with one attached hydrogen (secondary N) is 1. The van der Waals surface area contributed by atoms with Crippen LogP contribution in [0.15, 0.2) is 36.5 Å². The third-order valence-electron chi connectivity index (χ3n) is 2.24. The van der Waals surface area contributed by atoms with Crippen LogP contribution in [0.2, 0.25) is 5.02 Å². The number of halogens is 1. The molecule has 0 saturated carbocycles. The predicted octanol–water partition coefficient (Wildman–Crippen LogP) is 2.08.